The molecular formula is C17H20N2O4S. The summed E-state index contributed by atoms with van der Waals surface area (Å²) in [5.41, 5.74) is 1.63. The van der Waals surface area contributed by atoms with Crippen LogP contribution in [0.25, 0.3) is 0 Å². The lowest BCUT2D eigenvalue weighted by Crippen LogP contribution is -2.23. The third-order valence-electron chi connectivity index (χ3n) is 3.45. The number of carbonyl (C=O) groups is 1. The van der Waals surface area contributed by atoms with E-state index in [-0.39, 0.29) is 17.3 Å². The Balaban J connectivity index is 2.38. The molecule has 7 heteroatoms. The highest BCUT2D eigenvalue weighted by molar-refractivity contribution is 7.89. The van der Waals surface area contributed by atoms with Gasteiger partial charge in [-0.2, -0.15) is 0 Å². The fourth-order valence-corrected chi connectivity index (χ4v) is 3.31. The van der Waals surface area contributed by atoms with Crippen molar-refractivity contribution in [3.05, 3.63) is 53.6 Å². The Morgan fingerprint density at radius 1 is 1.17 bits per heavy atom. The van der Waals surface area contributed by atoms with Gasteiger partial charge >= 0.3 is 0 Å². The number of rotatable bonds is 6. The Kier molecular flexibility index (Phi) is 5.58. The van der Waals surface area contributed by atoms with Crippen molar-refractivity contribution in [2.75, 3.05) is 19.0 Å². The molecule has 0 aromatic heterocycles. The number of anilines is 1. The lowest BCUT2D eigenvalue weighted by atomic mass is 10.1. The molecule has 2 N–H and O–H groups in total. The van der Waals surface area contributed by atoms with Gasteiger partial charge in [0.25, 0.3) is 5.91 Å². The van der Waals surface area contributed by atoms with Gasteiger partial charge in [-0.3, -0.25) is 4.79 Å². The van der Waals surface area contributed by atoms with Gasteiger partial charge in [0.2, 0.25) is 10.0 Å². The van der Waals surface area contributed by atoms with Crippen LogP contribution in [0.3, 0.4) is 0 Å². The first kappa shape index (κ1) is 18.0. The summed E-state index contributed by atoms with van der Waals surface area (Å²) < 4.78 is 31.9. The number of methoxy groups -OCH3 is 1. The average molecular weight is 348 g/mol. The van der Waals surface area contributed by atoms with Gasteiger partial charge in [0, 0.05) is 12.1 Å². The van der Waals surface area contributed by atoms with Gasteiger partial charge in [0.1, 0.15) is 5.75 Å². The molecule has 0 radical (unpaired) electrons. The zero-order valence-corrected chi connectivity index (χ0v) is 14.6. The van der Waals surface area contributed by atoms with Crippen LogP contribution in [0, 0.1) is 6.92 Å². The number of carbonyl (C=O) groups excluding carboxylic acids is 1. The van der Waals surface area contributed by atoms with Crippen molar-refractivity contribution in [3.8, 4) is 5.75 Å². The smallest absolute Gasteiger partial charge is 0.256 e. The van der Waals surface area contributed by atoms with Crippen LogP contribution in [0.15, 0.2) is 47.4 Å². The summed E-state index contributed by atoms with van der Waals surface area (Å²) in [6.45, 7) is 3.80. The van der Waals surface area contributed by atoms with Crippen molar-refractivity contribution >= 4 is 21.6 Å². The molecule has 0 aliphatic rings. The molecule has 0 aliphatic carbocycles. The number of ether oxygens (including phenoxy) is 1. The topological polar surface area (TPSA) is 84.5 Å². The van der Waals surface area contributed by atoms with Crippen molar-refractivity contribution in [3.63, 3.8) is 0 Å². The molecule has 1 amide bonds. The maximum absolute atomic E-state index is 12.5. The number of nitrogens with one attached hydrogen (secondary N) is 2. The van der Waals surface area contributed by atoms with Crippen LogP contribution in [0.5, 0.6) is 5.75 Å². The first-order valence-corrected chi connectivity index (χ1v) is 8.92. The van der Waals surface area contributed by atoms with E-state index in [9.17, 15) is 13.2 Å². The van der Waals surface area contributed by atoms with E-state index in [2.05, 4.69) is 10.0 Å². The second-order valence-corrected chi connectivity index (χ2v) is 6.90. The fourth-order valence-electron chi connectivity index (χ4n) is 2.24. The van der Waals surface area contributed by atoms with E-state index in [0.717, 1.165) is 5.56 Å². The van der Waals surface area contributed by atoms with Crippen LogP contribution in [0.4, 0.5) is 5.69 Å². The molecule has 0 atom stereocenters. The molecule has 0 spiro atoms. The summed E-state index contributed by atoms with van der Waals surface area (Å²) in [4.78, 5) is 12.5. The van der Waals surface area contributed by atoms with E-state index < -0.39 is 10.0 Å². The molecule has 6 nitrogen and oxygen atoms in total. The maximum Gasteiger partial charge on any atom is 0.256 e. The summed E-state index contributed by atoms with van der Waals surface area (Å²) in [5.74, 6) is 0.0526. The predicted molar refractivity (Wildman–Crippen MR) is 93.0 cm³/mol. The monoisotopic (exact) mass is 348 g/mol. The number of hydrogen-bond acceptors (Lipinski definition) is 4. The highest BCUT2D eigenvalue weighted by Gasteiger charge is 2.17. The van der Waals surface area contributed by atoms with Crippen molar-refractivity contribution in [2.45, 2.75) is 18.7 Å². The summed E-state index contributed by atoms with van der Waals surface area (Å²) in [6.07, 6.45) is 0. The van der Waals surface area contributed by atoms with E-state index in [1.54, 1.807) is 19.1 Å². The van der Waals surface area contributed by atoms with Crippen LogP contribution >= 0.6 is 0 Å². The Morgan fingerprint density at radius 3 is 2.50 bits per heavy atom. The standard InChI is InChI=1S/C17H20N2O4S/c1-4-18-24(21,22)13-9-10-16(23-3)15(11-13)19-17(20)14-8-6-5-7-12(14)2/h5-11,18H,4H2,1-3H3,(H,19,20). The Morgan fingerprint density at radius 2 is 1.88 bits per heavy atom. The molecule has 128 valence electrons. The van der Waals surface area contributed by atoms with Gasteiger partial charge in [0.05, 0.1) is 17.7 Å². The summed E-state index contributed by atoms with van der Waals surface area (Å²) in [5, 5.41) is 2.72. The predicted octanol–water partition coefficient (Wildman–Crippen LogP) is 2.55. The molecular weight excluding hydrogens is 328 g/mol. The highest BCUT2D eigenvalue weighted by Crippen LogP contribution is 2.28. The first-order chi connectivity index (χ1) is 11.4. The Bertz CT molecular complexity index is 847. The molecule has 0 fully saturated rings. The van der Waals surface area contributed by atoms with Crippen LogP contribution < -0.4 is 14.8 Å². The molecule has 0 heterocycles. The zero-order chi connectivity index (χ0) is 17.7. The van der Waals surface area contributed by atoms with Crippen LogP contribution in [-0.2, 0) is 10.0 Å². The fraction of sp³-hybridized carbons (Fsp3) is 0.235. The normalized spacial score (nSPS) is 11.1. The summed E-state index contributed by atoms with van der Waals surface area (Å²) >= 11 is 0. The number of amides is 1. The second kappa shape index (κ2) is 7.46. The van der Waals surface area contributed by atoms with E-state index >= 15 is 0 Å². The van der Waals surface area contributed by atoms with Crippen molar-refractivity contribution < 1.29 is 17.9 Å². The number of aryl methyl sites for hydroxylation is 1. The molecule has 0 aliphatic heterocycles. The summed E-state index contributed by atoms with van der Waals surface area (Å²) in [7, 11) is -2.17. The minimum atomic E-state index is -3.62. The van der Waals surface area contributed by atoms with Crippen LogP contribution in [0.2, 0.25) is 0 Å². The first-order valence-electron chi connectivity index (χ1n) is 7.43. The third kappa shape index (κ3) is 3.93. The SMILES string of the molecule is CCNS(=O)(=O)c1ccc(OC)c(NC(=O)c2ccccc2C)c1. The molecule has 0 saturated carbocycles. The lowest BCUT2D eigenvalue weighted by Gasteiger charge is -2.13. The number of hydrogen-bond donors (Lipinski definition) is 2. The van der Waals surface area contributed by atoms with E-state index in [1.165, 1.54) is 25.3 Å². The maximum atomic E-state index is 12.5. The van der Waals surface area contributed by atoms with Gasteiger partial charge in [-0.15, -0.1) is 0 Å². The van der Waals surface area contributed by atoms with Crippen molar-refractivity contribution in [1.82, 2.24) is 4.72 Å². The largest absolute Gasteiger partial charge is 0.495 e. The van der Waals surface area contributed by atoms with Gasteiger partial charge in [-0.1, -0.05) is 25.1 Å². The van der Waals surface area contributed by atoms with Crippen molar-refractivity contribution in [2.24, 2.45) is 0 Å². The minimum absolute atomic E-state index is 0.0604. The Labute approximate surface area is 141 Å². The van der Waals surface area contributed by atoms with Gasteiger partial charge < -0.3 is 10.1 Å². The zero-order valence-electron chi connectivity index (χ0n) is 13.8. The second-order valence-electron chi connectivity index (χ2n) is 5.13. The third-order valence-corrected chi connectivity index (χ3v) is 5.00. The number of benzene rings is 2. The number of sulfonamides is 1. The molecule has 0 bridgehead atoms. The average Bonchev–Trinajstić information content (AvgIpc) is 2.55. The molecule has 24 heavy (non-hydrogen) atoms. The molecule has 2 rings (SSSR count). The molecule has 0 saturated heterocycles. The van der Waals surface area contributed by atoms with E-state index in [1.807, 2.05) is 19.1 Å². The van der Waals surface area contributed by atoms with Gasteiger partial charge in [0.15, 0.2) is 0 Å². The van der Waals surface area contributed by atoms with E-state index in [4.69, 9.17) is 4.74 Å². The van der Waals surface area contributed by atoms with Gasteiger partial charge in [-0.25, -0.2) is 13.1 Å². The lowest BCUT2D eigenvalue weighted by molar-refractivity contribution is 0.102. The molecule has 2 aromatic rings. The van der Waals surface area contributed by atoms with Crippen molar-refractivity contribution in [1.29, 1.82) is 0 Å². The quantitative estimate of drug-likeness (QED) is 0.840. The summed E-state index contributed by atoms with van der Waals surface area (Å²) in [6, 6.07) is 11.5. The Hall–Kier alpha value is -2.38. The van der Waals surface area contributed by atoms with Crippen LogP contribution in [0.1, 0.15) is 22.8 Å². The van der Waals surface area contributed by atoms with E-state index in [0.29, 0.717) is 17.0 Å². The van der Waals surface area contributed by atoms with Gasteiger partial charge in [-0.05, 0) is 36.8 Å². The highest BCUT2D eigenvalue weighted by atomic mass is 32.2. The molecule has 0 unspecified atom stereocenters. The molecule has 2 aromatic carbocycles. The minimum Gasteiger partial charge on any atom is -0.495 e. The van der Waals surface area contributed by atoms with Crippen LogP contribution in [-0.4, -0.2) is 28.0 Å².